The summed E-state index contributed by atoms with van der Waals surface area (Å²) in [6.45, 7) is 5.22. The van der Waals surface area contributed by atoms with Crippen LogP contribution in [0.1, 0.15) is 129 Å². The third-order valence-corrected chi connectivity index (χ3v) is 8.12. The van der Waals surface area contributed by atoms with E-state index in [1.807, 2.05) is 24.3 Å². The Morgan fingerprint density at radius 3 is 1.90 bits per heavy atom. The van der Waals surface area contributed by atoms with Crippen molar-refractivity contribution in [2.45, 2.75) is 129 Å². The Labute approximate surface area is 237 Å². The highest BCUT2D eigenvalue weighted by Crippen LogP contribution is 2.33. The van der Waals surface area contributed by atoms with Gasteiger partial charge in [0.1, 0.15) is 5.75 Å². The summed E-state index contributed by atoms with van der Waals surface area (Å²) in [5.41, 5.74) is 0.892. The first-order valence-corrected chi connectivity index (χ1v) is 16.0. The highest BCUT2D eigenvalue weighted by molar-refractivity contribution is 5.75. The molecule has 0 amide bonds. The van der Waals surface area contributed by atoms with Crippen LogP contribution in [0.4, 0.5) is 0 Å². The van der Waals surface area contributed by atoms with E-state index in [0.29, 0.717) is 23.9 Å². The smallest absolute Gasteiger partial charge is 0.314 e. The minimum Gasteiger partial charge on any atom is -0.490 e. The number of benzene rings is 1. The third-order valence-electron chi connectivity index (χ3n) is 8.12. The molecule has 1 aliphatic rings. The topological polar surface area (TPSA) is 61.3 Å². The van der Waals surface area contributed by atoms with E-state index in [0.717, 1.165) is 43.6 Å². The van der Waals surface area contributed by atoms with Gasteiger partial charge in [-0.15, -0.1) is 0 Å². The molecule has 1 aromatic heterocycles. The lowest BCUT2D eigenvalue weighted by atomic mass is 9.80. The van der Waals surface area contributed by atoms with Crippen molar-refractivity contribution in [3.8, 4) is 22.9 Å². The molecule has 5 nitrogen and oxygen atoms in total. The monoisotopic (exact) mass is 536 g/mol. The molecule has 0 N–H and O–H groups in total. The second-order valence-electron chi connectivity index (χ2n) is 11.4. The normalized spacial score (nSPS) is 17.2. The van der Waals surface area contributed by atoms with Crippen LogP contribution in [-0.4, -0.2) is 22.5 Å². The Morgan fingerprint density at radius 1 is 0.718 bits per heavy atom. The maximum atomic E-state index is 12.7. The van der Waals surface area contributed by atoms with Gasteiger partial charge in [0.2, 0.25) is 0 Å². The molecule has 0 radical (unpaired) electrons. The molecule has 1 heterocycles. The van der Waals surface area contributed by atoms with E-state index in [2.05, 4.69) is 23.8 Å². The van der Waals surface area contributed by atoms with Gasteiger partial charge in [0.25, 0.3) is 0 Å². The largest absolute Gasteiger partial charge is 0.490 e. The summed E-state index contributed by atoms with van der Waals surface area (Å²) in [5, 5.41) is 0. The molecule has 0 spiro atoms. The van der Waals surface area contributed by atoms with Gasteiger partial charge in [-0.1, -0.05) is 97.3 Å². The second kappa shape index (κ2) is 18.8. The van der Waals surface area contributed by atoms with Crippen LogP contribution in [0.3, 0.4) is 0 Å². The van der Waals surface area contributed by atoms with Crippen LogP contribution in [0.15, 0.2) is 36.7 Å². The van der Waals surface area contributed by atoms with Crippen molar-refractivity contribution in [1.29, 1.82) is 0 Å². The number of ether oxygens (including phenoxy) is 2. The zero-order chi connectivity index (χ0) is 27.5. The van der Waals surface area contributed by atoms with Gasteiger partial charge in [-0.25, -0.2) is 9.97 Å². The van der Waals surface area contributed by atoms with Gasteiger partial charge in [0.15, 0.2) is 11.6 Å². The summed E-state index contributed by atoms with van der Waals surface area (Å²) in [6, 6.07) is 7.49. The Morgan fingerprint density at radius 2 is 1.28 bits per heavy atom. The number of carbonyl (C=O) groups excluding carboxylic acids is 1. The van der Waals surface area contributed by atoms with E-state index in [1.54, 1.807) is 12.4 Å². The number of hydrogen-bond donors (Lipinski definition) is 0. The average molecular weight is 537 g/mol. The number of hydrogen-bond acceptors (Lipinski definition) is 5. The van der Waals surface area contributed by atoms with Gasteiger partial charge in [0, 0.05) is 5.56 Å². The van der Waals surface area contributed by atoms with Crippen LogP contribution in [0.2, 0.25) is 0 Å². The van der Waals surface area contributed by atoms with Crippen molar-refractivity contribution in [3.05, 3.63) is 36.7 Å². The third kappa shape index (κ3) is 12.1. The summed E-state index contributed by atoms with van der Waals surface area (Å²) in [6.07, 6.45) is 26.1. The summed E-state index contributed by atoms with van der Waals surface area (Å²) >= 11 is 0. The predicted octanol–water partition coefficient (Wildman–Crippen LogP) is 9.74. The summed E-state index contributed by atoms with van der Waals surface area (Å²) in [5.74, 6) is 2.67. The minimum atomic E-state index is -0.0880. The van der Waals surface area contributed by atoms with Crippen molar-refractivity contribution < 1.29 is 14.3 Å². The molecule has 0 unspecified atom stereocenters. The highest BCUT2D eigenvalue weighted by atomic mass is 16.5. The molecule has 2 aromatic rings. The minimum absolute atomic E-state index is 0.0308. The lowest BCUT2D eigenvalue weighted by Gasteiger charge is -2.27. The predicted molar refractivity (Wildman–Crippen MR) is 160 cm³/mol. The van der Waals surface area contributed by atoms with Crippen LogP contribution < -0.4 is 9.47 Å². The molecule has 3 rings (SSSR count). The molecule has 0 saturated heterocycles. The first-order valence-electron chi connectivity index (χ1n) is 16.0. The van der Waals surface area contributed by atoms with Crippen LogP contribution in [0, 0.1) is 11.8 Å². The first-order chi connectivity index (χ1) is 19.2. The molecule has 0 aliphatic heterocycles. The maximum absolute atomic E-state index is 12.7. The van der Waals surface area contributed by atoms with Crippen molar-refractivity contribution in [2.24, 2.45) is 11.8 Å². The Balaban J connectivity index is 1.30. The Bertz CT molecular complexity index is 905. The van der Waals surface area contributed by atoms with Crippen molar-refractivity contribution in [1.82, 2.24) is 9.97 Å². The van der Waals surface area contributed by atoms with Gasteiger partial charge in [0.05, 0.1) is 24.9 Å². The first kappa shape index (κ1) is 31.1. The molecule has 1 saturated carbocycles. The SMILES string of the molecule is CCCCCCCCCCCCOc1cnc(-c2ccc(OC(=O)[C@H]3CC[C@H](CCCCC)CC3)cc2)nc1. The van der Waals surface area contributed by atoms with E-state index in [9.17, 15) is 4.79 Å². The zero-order valence-corrected chi connectivity index (χ0v) is 24.7. The van der Waals surface area contributed by atoms with Crippen LogP contribution >= 0.6 is 0 Å². The van der Waals surface area contributed by atoms with Gasteiger partial charge in [-0.2, -0.15) is 0 Å². The van der Waals surface area contributed by atoms with Crippen LogP contribution in [-0.2, 0) is 4.79 Å². The Hall–Kier alpha value is -2.43. The fourth-order valence-electron chi connectivity index (χ4n) is 5.56. The van der Waals surface area contributed by atoms with Crippen molar-refractivity contribution in [3.63, 3.8) is 0 Å². The average Bonchev–Trinajstić information content (AvgIpc) is 2.97. The zero-order valence-electron chi connectivity index (χ0n) is 24.7. The number of carbonyl (C=O) groups is 1. The van der Waals surface area contributed by atoms with Gasteiger partial charge < -0.3 is 9.47 Å². The summed E-state index contributed by atoms with van der Waals surface area (Å²) in [4.78, 5) is 21.6. The molecular weight excluding hydrogens is 484 g/mol. The van der Waals surface area contributed by atoms with Gasteiger partial charge >= 0.3 is 5.97 Å². The summed E-state index contributed by atoms with van der Waals surface area (Å²) < 4.78 is 11.5. The van der Waals surface area contributed by atoms with E-state index in [4.69, 9.17) is 9.47 Å². The molecule has 1 aromatic carbocycles. The number of unbranched alkanes of at least 4 members (excludes halogenated alkanes) is 11. The standard InChI is InChI=1S/C34H52N2O3/c1-3-5-7-8-9-10-11-12-13-15-25-38-32-26-35-33(36-27-32)29-21-23-31(24-22-29)39-34(37)30-19-17-28(18-20-30)16-14-6-4-2/h21-24,26-28,30H,3-20,25H2,1-2H3/t28-,30-. The fourth-order valence-corrected chi connectivity index (χ4v) is 5.56. The summed E-state index contributed by atoms with van der Waals surface area (Å²) in [7, 11) is 0. The van der Waals surface area contributed by atoms with E-state index in [-0.39, 0.29) is 11.9 Å². The lowest BCUT2D eigenvalue weighted by molar-refractivity contribution is -0.140. The number of nitrogens with zero attached hydrogens (tertiary/aromatic N) is 2. The van der Waals surface area contributed by atoms with Gasteiger partial charge in [-0.05, 0) is 62.3 Å². The van der Waals surface area contributed by atoms with E-state index in [1.165, 1.54) is 83.5 Å². The highest BCUT2D eigenvalue weighted by Gasteiger charge is 2.27. The second-order valence-corrected chi connectivity index (χ2v) is 11.4. The van der Waals surface area contributed by atoms with Crippen LogP contribution in [0.25, 0.3) is 11.4 Å². The number of rotatable bonds is 19. The molecule has 216 valence electrons. The molecule has 0 atom stereocenters. The van der Waals surface area contributed by atoms with Crippen molar-refractivity contribution in [2.75, 3.05) is 6.61 Å². The molecule has 0 bridgehead atoms. The number of esters is 1. The molecular formula is C34H52N2O3. The van der Waals surface area contributed by atoms with Crippen molar-refractivity contribution >= 4 is 5.97 Å². The van der Waals surface area contributed by atoms with Crippen LogP contribution in [0.5, 0.6) is 11.5 Å². The fraction of sp³-hybridized carbons (Fsp3) is 0.676. The molecule has 1 aliphatic carbocycles. The molecule has 1 fully saturated rings. The van der Waals surface area contributed by atoms with Gasteiger partial charge in [-0.3, -0.25) is 4.79 Å². The molecule has 5 heteroatoms. The number of aromatic nitrogens is 2. The maximum Gasteiger partial charge on any atom is 0.314 e. The Kier molecular flexibility index (Phi) is 15.0. The quantitative estimate of drug-likeness (QED) is 0.102. The van der Waals surface area contributed by atoms with E-state index < -0.39 is 0 Å². The van der Waals surface area contributed by atoms with E-state index >= 15 is 0 Å². The lowest BCUT2D eigenvalue weighted by Crippen LogP contribution is -2.25. The molecule has 39 heavy (non-hydrogen) atoms.